The van der Waals surface area contributed by atoms with E-state index < -0.39 is 22.6 Å². The number of carbonyl (C=O) groups is 3. The van der Waals surface area contributed by atoms with E-state index in [1.165, 1.54) is 0 Å². The summed E-state index contributed by atoms with van der Waals surface area (Å²) in [4.78, 5) is 42.2. The highest BCUT2D eigenvalue weighted by Gasteiger charge is 2.73. The van der Waals surface area contributed by atoms with Gasteiger partial charge >= 0.3 is 0 Å². The average Bonchev–Trinajstić information content (AvgIpc) is 3.45. The Bertz CT molecular complexity index is 866. The fraction of sp³-hybridized carbons (Fsp3) is 0.640. The van der Waals surface area contributed by atoms with Crippen LogP contribution in [0.25, 0.3) is 0 Å². The van der Waals surface area contributed by atoms with Crippen LogP contribution in [0.1, 0.15) is 51.9 Å². The van der Waals surface area contributed by atoms with Gasteiger partial charge in [-0.25, -0.2) is 0 Å². The van der Waals surface area contributed by atoms with Crippen LogP contribution in [0.3, 0.4) is 0 Å². The SMILES string of the molecule is CCCCCNC(=O)C1N(CCCCO)C(=O)[C@@H]2[C@H](C(=O)Nc3ccccc3)[C@@H]3CCC12S3. The van der Waals surface area contributed by atoms with Gasteiger partial charge in [-0.05, 0) is 44.2 Å². The largest absolute Gasteiger partial charge is 0.396 e. The van der Waals surface area contributed by atoms with Crippen molar-refractivity contribution in [2.45, 2.75) is 67.9 Å². The molecule has 33 heavy (non-hydrogen) atoms. The number of hydrogen-bond acceptors (Lipinski definition) is 5. The summed E-state index contributed by atoms with van der Waals surface area (Å²) in [5.74, 6) is -1.22. The molecule has 3 N–H and O–H groups in total. The number of fused-ring (bicyclic) bond motifs is 1. The number of nitrogens with zero attached hydrogens (tertiary/aromatic N) is 1. The van der Waals surface area contributed by atoms with Crippen LogP contribution in [0.2, 0.25) is 0 Å². The van der Waals surface area contributed by atoms with Gasteiger partial charge in [-0.2, -0.15) is 0 Å². The Morgan fingerprint density at radius 2 is 1.94 bits per heavy atom. The Morgan fingerprint density at radius 1 is 1.15 bits per heavy atom. The first-order valence-electron chi connectivity index (χ1n) is 12.3. The second-order valence-electron chi connectivity index (χ2n) is 9.37. The minimum Gasteiger partial charge on any atom is -0.396 e. The number of anilines is 1. The van der Waals surface area contributed by atoms with E-state index in [0.29, 0.717) is 25.9 Å². The van der Waals surface area contributed by atoms with Crippen molar-refractivity contribution in [3.05, 3.63) is 30.3 Å². The number of unbranched alkanes of at least 4 members (excludes halogenated alkanes) is 3. The predicted octanol–water partition coefficient (Wildman–Crippen LogP) is 2.80. The summed E-state index contributed by atoms with van der Waals surface area (Å²) >= 11 is 1.69. The highest BCUT2D eigenvalue weighted by atomic mass is 32.2. The van der Waals surface area contributed by atoms with Crippen LogP contribution in [0.15, 0.2) is 30.3 Å². The molecule has 1 aromatic carbocycles. The summed E-state index contributed by atoms with van der Waals surface area (Å²) in [6.45, 7) is 3.22. The molecular weight excluding hydrogens is 438 g/mol. The third-order valence-corrected chi connectivity index (χ3v) is 9.23. The number of thioether (sulfide) groups is 1. The van der Waals surface area contributed by atoms with Gasteiger partial charge in [-0.15, -0.1) is 11.8 Å². The lowest BCUT2D eigenvalue weighted by molar-refractivity contribution is -0.139. The number of hydrogen-bond donors (Lipinski definition) is 3. The van der Waals surface area contributed by atoms with Crippen molar-refractivity contribution in [2.75, 3.05) is 25.0 Å². The van der Waals surface area contributed by atoms with E-state index in [2.05, 4.69) is 17.6 Å². The van der Waals surface area contributed by atoms with Gasteiger partial charge in [0.2, 0.25) is 17.7 Å². The summed E-state index contributed by atoms with van der Waals surface area (Å²) < 4.78 is -0.547. The first-order chi connectivity index (χ1) is 16.0. The summed E-state index contributed by atoms with van der Waals surface area (Å²) in [7, 11) is 0. The first-order valence-corrected chi connectivity index (χ1v) is 13.1. The van der Waals surface area contributed by atoms with E-state index in [9.17, 15) is 19.5 Å². The van der Waals surface area contributed by atoms with Gasteiger partial charge < -0.3 is 20.6 Å². The lowest BCUT2D eigenvalue weighted by Crippen LogP contribution is -2.53. The number of aliphatic hydroxyl groups excluding tert-OH is 1. The third kappa shape index (κ3) is 4.52. The van der Waals surface area contributed by atoms with E-state index in [1.807, 2.05) is 30.3 Å². The first kappa shape index (κ1) is 24.1. The zero-order chi connectivity index (χ0) is 23.4. The Kier molecular flexibility index (Phi) is 7.64. The van der Waals surface area contributed by atoms with Crippen molar-refractivity contribution in [3.8, 4) is 0 Å². The van der Waals surface area contributed by atoms with E-state index in [4.69, 9.17) is 0 Å². The standard InChI is InChI=1S/C25H35N3O4S/c1-2-3-7-14-26-23(31)21-25-13-12-18(33-25)19(22(30)27-17-10-5-4-6-11-17)20(25)24(32)28(21)15-8-9-16-29/h4-6,10-11,18-21,29H,2-3,7-9,12-16H2,1H3,(H,26,31)(H,27,30)/t18-,19+,20-,21?,25?/m0/s1. The molecule has 0 aromatic heterocycles. The Morgan fingerprint density at radius 3 is 2.67 bits per heavy atom. The quantitative estimate of drug-likeness (QED) is 0.429. The van der Waals surface area contributed by atoms with Gasteiger partial charge in [-0.3, -0.25) is 14.4 Å². The molecule has 3 aliphatic rings. The van der Waals surface area contributed by atoms with Crippen LogP contribution in [-0.4, -0.2) is 63.5 Å². The van der Waals surface area contributed by atoms with Crippen molar-refractivity contribution in [2.24, 2.45) is 11.8 Å². The Labute approximate surface area is 200 Å². The highest BCUT2D eigenvalue weighted by molar-refractivity contribution is 8.02. The number of nitrogens with one attached hydrogen (secondary N) is 2. The Balaban J connectivity index is 1.57. The molecule has 2 bridgehead atoms. The molecule has 4 rings (SSSR count). The summed E-state index contributed by atoms with van der Waals surface area (Å²) in [5, 5.41) is 15.4. The number of amides is 3. The van der Waals surface area contributed by atoms with Gasteiger partial charge in [0.15, 0.2) is 0 Å². The normalized spacial score (nSPS) is 29.9. The van der Waals surface area contributed by atoms with Crippen LogP contribution in [0, 0.1) is 11.8 Å². The minimum absolute atomic E-state index is 0.0534. The maximum Gasteiger partial charge on any atom is 0.244 e. The van der Waals surface area contributed by atoms with Crippen molar-refractivity contribution in [1.82, 2.24) is 10.2 Å². The van der Waals surface area contributed by atoms with Crippen LogP contribution >= 0.6 is 11.8 Å². The van der Waals surface area contributed by atoms with Gasteiger partial charge in [0, 0.05) is 30.6 Å². The average molecular weight is 474 g/mol. The molecule has 3 fully saturated rings. The molecule has 0 saturated carbocycles. The molecule has 0 aliphatic carbocycles. The number of benzene rings is 1. The topological polar surface area (TPSA) is 98.7 Å². The smallest absolute Gasteiger partial charge is 0.244 e. The van der Waals surface area contributed by atoms with Gasteiger partial charge in [0.05, 0.1) is 16.6 Å². The number of rotatable bonds is 11. The maximum absolute atomic E-state index is 13.7. The second kappa shape index (κ2) is 10.5. The molecule has 7 nitrogen and oxygen atoms in total. The Hall–Kier alpha value is -2.06. The van der Waals surface area contributed by atoms with Crippen molar-refractivity contribution < 1.29 is 19.5 Å². The zero-order valence-corrected chi connectivity index (χ0v) is 20.1. The van der Waals surface area contributed by atoms with Crippen LogP contribution < -0.4 is 10.6 Å². The molecule has 3 aliphatic heterocycles. The number of para-hydroxylation sites is 1. The number of aliphatic hydroxyl groups is 1. The fourth-order valence-electron chi connectivity index (χ4n) is 5.82. The molecule has 0 radical (unpaired) electrons. The lowest BCUT2D eigenvalue weighted by Gasteiger charge is -2.34. The van der Waals surface area contributed by atoms with Gasteiger partial charge in [-0.1, -0.05) is 38.0 Å². The summed E-state index contributed by atoms with van der Waals surface area (Å²) in [6, 6.07) is 8.77. The van der Waals surface area contributed by atoms with E-state index in [0.717, 1.165) is 37.8 Å². The third-order valence-electron chi connectivity index (χ3n) is 7.28. The molecule has 2 unspecified atom stereocenters. The van der Waals surface area contributed by atoms with Crippen molar-refractivity contribution >= 4 is 35.2 Å². The number of likely N-dealkylation sites (tertiary alicyclic amines) is 1. The molecule has 1 aromatic rings. The van der Waals surface area contributed by atoms with Crippen molar-refractivity contribution in [3.63, 3.8) is 0 Å². The fourth-order valence-corrected chi connectivity index (χ4v) is 8.04. The number of carbonyl (C=O) groups excluding carboxylic acids is 3. The molecule has 8 heteroatoms. The van der Waals surface area contributed by atoms with Gasteiger partial charge in [0.25, 0.3) is 0 Å². The molecule has 5 atom stereocenters. The predicted molar refractivity (Wildman–Crippen MR) is 130 cm³/mol. The van der Waals surface area contributed by atoms with Crippen LogP contribution in [-0.2, 0) is 14.4 Å². The van der Waals surface area contributed by atoms with E-state index in [1.54, 1.807) is 16.7 Å². The van der Waals surface area contributed by atoms with Gasteiger partial charge in [0.1, 0.15) is 6.04 Å². The zero-order valence-electron chi connectivity index (χ0n) is 19.3. The van der Waals surface area contributed by atoms with E-state index in [-0.39, 0.29) is 29.6 Å². The van der Waals surface area contributed by atoms with Crippen LogP contribution in [0.5, 0.6) is 0 Å². The summed E-state index contributed by atoms with van der Waals surface area (Å²) in [5.41, 5.74) is 0.722. The molecule has 180 valence electrons. The maximum atomic E-state index is 13.7. The molecular formula is C25H35N3O4S. The molecule has 1 spiro atoms. The summed E-state index contributed by atoms with van der Waals surface area (Å²) in [6.07, 6.45) is 5.88. The van der Waals surface area contributed by atoms with Crippen LogP contribution in [0.4, 0.5) is 5.69 Å². The molecule has 3 saturated heterocycles. The van der Waals surface area contributed by atoms with E-state index >= 15 is 0 Å². The highest BCUT2D eigenvalue weighted by Crippen LogP contribution is 2.66. The minimum atomic E-state index is -0.556. The lowest BCUT2D eigenvalue weighted by atomic mass is 9.70. The second-order valence-corrected chi connectivity index (χ2v) is 11.0. The monoisotopic (exact) mass is 473 g/mol. The molecule has 3 amide bonds. The van der Waals surface area contributed by atoms with Crippen molar-refractivity contribution in [1.29, 1.82) is 0 Å². The molecule has 3 heterocycles.